The molecule has 2 atom stereocenters. The van der Waals surface area contributed by atoms with Gasteiger partial charge in [-0.25, -0.2) is 0 Å². The van der Waals surface area contributed by atoms with E-state index in [4.69, 9.17) is 9.47 Å². The first-order valence-electron chi connectivity index (χ1n) is 11.2. The number of methoxy groups -OCH3 is 2. The summed E-state index contributed by atoms with van der Waals surface area (Å²) in [5.74, 6) is 1.81. The molecule has 0 N–H and O–H groups in total. The molecule has 187 valence electrons. The smallest absolute Gasteiger partial charge is 1.00 e. The fourth-order valence-electron chi connectivity index (χ4n) is 4.88. The summed E-state index contributed by atoms with van der Waals surface area (Å²) >= 11 is 0. The van der Waals surface area contributed by atoms with E-state index in [-0.39, 0.29) is 45.6 Å². The van der Waals surface area contributed by atoms with Crippen LogP contribution in [0.2, 0.25) is 0 Å². The van der Waals surface area contributed by atoms with E-state index in [1.807, 2.05) is 12.1 Å². The van der Waals surface area contributed by atoms with Gasteiger partial charge in [-0.05, 0) is 46.2 Å². The second kappa shape index (κ2) is 12.1. The number of ether oxygens (including phenoxy) is 2. The van der Waals surface area contributed by atoms with Gasteiger partial charge in [0.25, 0.3) is 0 Å². The third-order valence-electron chi connectivity index (χ3n) is 6.08. The van der Waals surface area contributed by atoms with Crippen LogP contribution >= 0.6 is 0 Å². The molecule has 1 aliphatic heterocycles. The Balaban J connectivity index is 0.00000272. The average molecular weight is 567 g/mol. The molecule has 1 heterocycles. The van der Waals surface area contributed by atoms with Gasteiger partial charge in [-0.1, -0.05) is 65.8 Å². The Morgan fingerprint density at radius 2 is 1.06 bits per heavy atom. The van der Waals surface area contributed by atoms with Crippen LogP contribution < -0.4 is 21.9 Å². The molecular weight excluding hydrogens is 528 g/mol. The van der Waals surface area contributed by atoms with Crippen LogP contribution in [0.4, 0.5) is 0 Å². The van der Waals surface area contributed by atoms with E-state index in [0.717, 1.165) is 24.6 Å². The monoisotopic (exact) mass is 565 g/mol. The molecule has 3 rings (SSSR count). The van der Waals surface area contributed by atoms with Crippen molar-refractivity contribution in [3.8, 4) is 11.5 Å². The largest absolute Gasteiger partial charge is 1.00 e. The summed E-state index contributed by atoms with van der Waals surface area (Å²) in [5.41, 5.74) is 2.77. The SMILES string of the molecule is COc1cccc(CN2[CH]N(Cc3cccc(OC)c3)[C@H](C(C)(C)C)[C@H]2C(C)(C)C)c1.[Ag+].[Cl-]. The molecular formula is C27H39AgClN2O2. The number of halogens is 1. The molecule has 1 aliphatic rings. The van der Waals surface area contributed by atoms with E-state index in [1.54, 1.807) is 14.2 Å². The molecule has 4 nitrogen and oxygen atoms in total. The van der Waals surface area contributed by atoms with Crippen LogP contribution in [0.15, 0.2) is 48.5 Å². The summed E-state index contributed by atoms with van der Waals surface area (Å²) in [6, 6.07) is 17.6. The van der Waals surface area contributed by atoms with E-state index in [1.165, 1.54) is 11.1 Å². The van der Waals surface area contributed by atoms with E-state index in [9.17, 15) is 0 Å². The van der Waals surface area contributed by atoms with Crippen molar-refractivity contribution in [1.29, 1.82) is 0 Å². The maximum atomic E-state index is 5.46. The molecule has 0 bridgehead atoms. The van der Waals surface area contributed by atoms with Gasteiger partial charge in [-0.3, -0.25) is 9.80 Å². The van der Waals surface area contributed by atoms with Crippen molar-refractivity contribution < 1.29 is 44.3 Å². The van der Waals surface area contributed by atoms with Crippen LogP contribution in [0, 0.1) is 17.5 Å². The van der Waals surface area contributed by atoms with Crippen molar-refractivity contribution in [2.45, 2.75) is 66.7 Å². The zero-order chi connectivity index (χ0) is 22.8. The van der Waals surface area contributed by atoms with E-state index in [2.05, 4.69) is 94.4 Å². The second-order valence-corrected chi connectivity index (χ2v) is 10.8. The van der Waals surface area contributed by atoms with E-state index in [0.29, 0.717) is 12.1 Å². The Kier molecular flexibility index (Phi) is 11.0. The quantitative estimate of drug-likeness (QED) is 0.502. The predicted molar refractivity (Wildman–Crippen MR) is 128 cm³/mol. The van der Waals surface area contributed by atoms with E-state index >= 15 is 0 Å². The normalized spacial score (nSPS) is 19.5. The standard InChI is InChI=1S/C27H39N2O2.Ag.ClH/c1-26(2,3)24-25(27(4,5)6)29(18-21-12-10-14-23(16-21)31-8)19-28(24)17-20-11-9-13-22(15-20)30-7;;/h9-16,19,24-25H,17-18H2,1-8H3;;1H/q;+1;/p-1/t24-,25-;;/m0../s1. The van der Waals surface area contributed by atoms with Gasteiger partial charge in [-0.15, -0.1) is 0 Å². The maximum absolute atomic E-state index is 5.46. The summed E-state index contributed by atoms with van der Waals surface area (Å²) in [4.78, 5) is 5.07. The minimum Gasteiger partial charge on any atom is -1.00 e. The van der Waals surface area contributed by atoms with Crippen molar-refractivity contribution in [2.24, 2.45) is 10.8 Å². The van der Waals surface area contributed by atoms with Crippen LogP contribution in [0.1, 0.15) is 52.7 Å². The molecule has 1 radical (unpaired) electrons. The second-order valence-electron chi connectivity index (χ2n) is 10.8. The molecule has 0 aliphatic carbocycles. The van der Waals surface area contributed by atoms with Gasteiger partial charge >= 0.3 is 22.4 Å². The minimum absolute atomic E-state index is 0. The van der Waals surface area contributed by atoms with Crippen LogP contribution in [-0.4, -0.2) is 36.1 Å². The number of benzene rings is 2. The molecule has 2 aromatic rings. The first-order valence-corrected chi connectivity index (χ1v) is 11.2. The molecule has 0 amide bonds. The van der Waals surface area contributed by atoms with Crippen LogP contribution in [0.3, 0.4) is 0 Å². The summed E-state index contributed by atoms with van der Waals surface area (Å²) in [5, 5.41) is 0. The topological polar surface area (TPSA) is 24.9 Å². The van der Waals surface area contributed by atoms with Crippen molar-refractivity contribution in [3.63, 3.8) is 0 Å². The molecule has 0 spiro atoms. The third kappa shape index (κ3) is 7.48. The van der Waals surface area contributed by atoms with Crippen LogP contribution in [0.25, 0.3) is 0 Å². The van der Waals surface area contributed by atoms with E-state index < -0.39 is 0 Å². The van der Waals surface area contributed by atoms with Crippen molar-refractivity contribution in [2.75, 3.05) is 14.2 Å². The summed E-state index contributed by atoms with van der Waals surface area (Å²) in [7, 11) is 3.45. The Labute approximate surface area is 222 Å². The van der Waals surface area contributed by atoms with Gasteiger partial charge in [0.15, 0.2) is 0 Å². The third-order valence-corrected chi connectivity index (χ3v) is 6.08. The Bertz CT molecular complexity index is 807. The summed E-state index contributed by atoms with van der Waals surface area (Å²) in [6.07, 6.45) is 0. The van der Waals surface area contributed by atoms with Gasteiger partial charge in [0.1, 0.15) is 11.5 Å². The first-order chi connectivity index (χ1) is 14.5. The molecule has 33 heavy (non-hydrogen) atoms. The molecule has 2 aromatic carbocycles. The Morgan fingerprint density at radius 3 is 1.36 bits per heavy atom. The van der Waals surface area contributed by atoms with Crippen molar-refractivity contribution in [1.82, 2.24) is 9.80 Å². The van der Waals surface area contributed by atoms with Gasteiger partial charge in [0.2, 0.25) is 0 Å². The fourth-order valence-corrected chi connectivity index (χ4v) is 4.88. The molecule has 1 saturated heterocycles. The van der Waals surface area contributed by atoms with Gasteiger partial charge in [0, 0.05) is 25.2 Å². The molecule has 1 fully saturated rings. The van der Waals surface area contributed by atoms with Crippen LogP contribution in [0.5, 0.6) is 11.5 Å². The molecule has 6 heteroatoms. The predicted octanol–water partition coefficient (Wildman–Crippen LogP) is 2.97. The molecule has 0 aromatic heterocycles. The zero-order valence-electron chi connectivity index (χ0n) is 21.2. The maximum Gasteiger partial charge on any atom is 1.00 e. The summed E-state index contributed by atoms with van der Waals surface area (Å²) in [6.45, 7) is 18.2. The molecule has 0 saturated carbocycles. The minimum atomic E-state index is 0. The number of hydrogen-bond donors (Lipinski definition) is 0. The van der Waals surface area contributed by atoms with Crippen molar-refractivity contribution >= 4 is 0 Å². The summed E-state index contributed by atoms with van der Waals surface area (Å²) < 4.78 is 10.9. The Hall–Kier alpha value is -1.01. The Morgan fingerprint density at radius 1 is 0.697 bits per heavy atom. The van der Waals surface area contributed by atoms with Gasteiger partial charge in [-0.2, -0.15) is 0 Å². The zero-order valence-corrected chi connectivity index (χ0v) is 23.4. The van der Waals surface area contributed by atoms with Crippen molar-refractivity contribution in [3.05, 3.63) is 66.3 Å². The first kappa shape index (κ1) is 30.0. The van der Waals surface area contributed by atoms with Crippen LogP contribution in [-0.2, 0) is 35.5 Å². The average Bonchev–Trinajstić information content (AvgIpc) is 3.06. The van der Waals surface area contributed by atoms with Gasteiger partial charge in [0.05, 0.1) is 20.9 Å². The van der Waals surface area contributed by atoms with Gasteiger partial charge < -0.3 is 21.9 Å². The number of rotatable bonds is 6. The molecule has 0 unspecified atom stereocenters. The fraction of sp³-hybridized carbons (Fsp3) is 0.519. The number of nitrogens with zero attached hydrogens (tertiary/aromatic N) is 2. The number of hydrogen-bond acceptors (Lipinski definition) is 4.